The molecule has 1 aliphatic rings. The van der Waals surface area contributed by atoms with Gasteiger partial charge in [-0.1, -0.05) is 159 Å². The van der Waals surface area contributed by atoms with Gasteiger partial charge in [0.25, 0.3) is 14.2 Å². The zero-order chi connectivity index (χ0) is 48.0. The number of hydrogen-bond donors (Lipinski definition) is 1. The molecule has 0 unspecified atom stereocenters. The van der Waals surface area contributed by atoms with Crippen molar-refractivity contribution in [3.8, 4) is 0 Å². The van der Waals surface area contributed by atoms with Gasteiger partial charge in [0, 0.05) is 43.6 Å². The minimum atomic E-state index is -2.93. The Balaban J connectivity index is 1.42. The van der Waals surface area contributed by atoms with Crippen LogP contribution < -0.4 is 15.7 Å². The second-order valence-corrected chi connectivity index (χ2v) is 24.9. The molecule has 2 amide bonds. The number of nitrogens with one attached hydrogen (secondary N) is 1. The predicted octanol–water partition coefficient (Wildman–Crippen LogP) is 9.42. The van der Waals surface area contributed by atoms with E-state index in [9.17, 15) is 19.2 Å². The maximum absolute atomic E-state index is 14.9. The van der Waals surface area contributed by atoms with Crippen LogP contribution in [-0.2, 0) is 30.0 Å². The van der Waals surface area contributed by atoms with Gasteiger partial charge >= 0.3 is 5.97 Å². The lowest BCUT2D eigenvalue weighted by Gasteiger charge is -2.43. The number of ketones is 1. The first-order chi connectivity index (χ1) is 31.5. The number of likely N-dealkylation sites (N-methyl/N-ethyl adjacent to an activating group) is 1. The fourth-order valence-electron chi connectivity index (χ4n) is 9.76. The number of thiazole rings is 1. The van der Waals surface area contributed by atoms with Gasteiger partial charge in [-0.05, 0) is 72.1 Å². The highest BCUT2D eigenvalue weighted by Crippen LogP contribution is 2.37. The number of esters is 1. The van der Waals surface area contributed by atoms with E-state index in [2.05, 4.69) is 126 Å². The maximum Gasteiger partial charge on any atom is 0.303 e. The molecule has 0 radical (unpaired) electrons. The van der Waals surface area contributed by atoms with Crippen molar-refractivity contribution in [1.29, 1.82) is 0 Å². The minimum Gasteiger partial charge on any atom is -0.455 e. The van der Waals surface area contributed by atoms with Gasteiger partial charge in [0.05, 0.1) is 18.7 Å². The molecule has 1 N–H and O–H groups in total. The summed E-state index contributed by atoms with van der Waals surface area (Å²) in [7, 11) is -0.918. The molecule has 358 valence electrons. The Bertz CT molecular complexity index is 2110. The van der Waals surface area contributed by atoms with E-state index in [4.69, 9.17) is 14.1 Å². The van der Waals surface area contributed by atoms with Crippen LogP contribution in [0.2, 0.25) is 5.04 Å². The van der Waals surface area contributed by atoms with E-state index in [1.54, 1.807) is 5.38 Å². The summed E-state index contributed by atoms with van der Waals surface area (Å²) in [4.78, 5) is 64.8. The van der Waals surface area contributed by atoms with Crippen molar-refractivity contribution in [3.63, 3.8) is 0 Å². The van der Waals surface area contributed by atoms with E-state index in [-0.39, 0.29) is 65.3 Å². The average molecular weight is 937 g/mol. The molecule has 0 spiro atoms. The van der Waals surface area contributed by atoms with Gasteiger partial charge in [0.2, 0.25) is 5.91 Å². The Labute approximate surface area is 400 Å². The standard InChI is InChI=1S/C54H76N4O6SSi/c1-11-31-58(53(62)45(39(5)12-2)34-49(60)47-30-22-23-32-57(47)10)48(38(3)4)35-50(64-40(6)59)52-56-46(37-65-52)51(61)55-42(33-41-24-16-13-17-25-41)36-63-66(54(7,8)9,43-26-18-14-19-27-43)44-28-20-15-21-29-44/h13-21,24-29,37-39,42,45,47-48,50H,11-12,22-23,30-36H2,1-10H3,(H,55,61)/t39-,42-,45-,47+,48+,50+/m0/s1. The smallest absolute Gasteiger partial charge is 0.303 e. The lowest BCUT2D eigenvalue weighted by molar-refractivity contribution is -0.150. The number of carbonyl (C=O) groups is 4. The van der Waals surface area contributed by atoms with Crippen LogP contribution in [-0.4, -0.2) is 91.5 Å². The number of carbonyl (C=O) groups excluding carboxylic acids is 4. The first-order valence-electron chi connectivity index (χ1n) is 24.3. The summed E-state index contributed by atoms with van der Waals surface area (Å²) < 4.78 is 13.4. The lowest BCUT2D eigenvalue weighted by atomic mass is 9.82. The Morgan fingerprint density at radius 3 is 2.05 bits per heavy atom. The molecular weight excluding hydrogens is 861 g/mol. The molecule has 4 aromatic rings. The highest BCUT2D eigenvalue weighted by Gasteiger charge is 2.50. The van der Waals surface area contributed by atoms with Crippen LogP contribution in [0, 0.1) is 17.8 Å². The molecule has 1 saturated heterocycles. The molecule has 1 fully saturated rings. The highest BCUT2D eigenvalue weighted by molar-refractivity contribution is 7.09. The summed E-state index contributed by atoms with van der Waals surface area (Å²) in [6, 6.07) is 30.2. The van der Waals surface area contributed by atoms with E-state index >= 15 is 0 Å². The SMILES string of the molecule is CCCN(C(=O)[C@@H](CC(=O)[C@H]1CCCCN1C)[C@@H](C)CC)[C@H](C[C@@H](OC(C)=O)c1nc(C(=O)N[C@H](CO[Si](c2ccccc2)(c2ccccc2)C(C)(C)C)Cc2ccccc2)cs1)C(C)C. The lowest BCUT2D eigenvalue weighted by Crippen LogP contribution is -2.67. The average Bonchev–Trinajstić information content (AvgIpc) is 3.80. The Hall–Kier alpha value is -4.49. The molecule has 0 aliphatic carbocycles. The third-order valence-corrected chi connectivity index (χ3v) is 19.4. The largest absolute Gasteiger partial charge is 0.455 e. The molecule has 5 rings (SSSR count). The summed E-state index contributed by atoms with van der Waals surface area (Å²) in [6.07, 6.45) is 4.67. The van der Waals surface area contributed by atoms with Gasteiger partial charge < -0.3 is 19.4 Å². The molecule has 2 heterocycles. The highest BCUT2D eigenvalue weighted by atomic mass is 32.1. The first-order valence-corrected chi connectivity index (χ1v) is 27.0. The van der Waals surface area contributed by atoms with Gasteiger partial charge in [-0.3, -0.25) is 24.1 Å². The maximum atomic E-state index is 14.9. The topological polar surface area (TPSA) is 118 Å². The van der Waals surface area contributed by atoms with Gasteiger partial charge in [-0.2, -0.15) is 0 Å². The second kappa shape index (κ2) is 24.5. The predicted molar refractivity (Wildman–Crippen MR) is 270 cm³/mol. The van der Waals surface area contributed by atoms with Crippen LogP contribution in [0.1, 0.15) is 134 Å². The van der Waals surface area contributed by atoms with Crippen LogP contribution in [0.3, 0.4) is 0 Å². The summed E-state index contributed by atoms with van der Waals surface area (Å²) in [5, 5.41) is 7.56. The zero-order valence-corrected chi connectivity index (χ0v) is 43.1. The number of likely N-dealkylation sites (tertiary alicyclic amines) is 1. The number of nitrogens with zero attached hydrogens (tertiary/aromatic N) is 3. The minimum absolute atomic E-state index is 0.00617. The number of rotatable bonds is 23. The molecule has 12 heteroatoms. The monoisotopic (exact) mass is 937 g/mol. The van der Waals surface area contributed by atoms with E-state index < -0.39 is 32.4 Å². The van der Waals surface area contributed by atoms with Gasteiger partial charge in [-0.25, -0.2) is 4.98 Å². The Morgan fingerprint density at radius 2 is 1.52 bits per heavy atom. The molecular formula is C54H76N4O6SSi. The summed E-state index contributed by atoms with van der Waals surface area (Å²) in [6.45, 7) is 20.1. The molecule has 10 nitrogen and oxygen atoms in total. The van der Waals surface area contributed by atoms with E-state index in [0.717, 1.165) is 54.6 Å². The van der Waals surface area contributed by atoms with Gasteiger partial charge in [0.15, 0.2) is 11.9 Å². The molecule has 1 aliphatic heterocycles. The quantitative estimate of drug-likeness (QED) is 0.0578. The third-order valence-electron chi connectivity index (χ3n) is 13.5. The van der Waals surface area contributed by atoms with E-state index in [1.807, 2.05) is 42.3 Å². The zero-order valence-electron chi connectivity index (χ0n) is 41.3. The van der Waals surface area contributed by atoms with E-state index in [1.165, 1.54) is 18.3 Å². The van der Waals surface area contributed by atoms with Crippen molar-refractivity contribution in [2.24, 2.45) is 17.8 Å². The number of aromatic nitrogens is 1. The van der Waals surface area contributed by atoms with Crippen molar-refractivity contribution < 1.29 is 28.3 Å². The summed E-state index contributed by atoms with van der Waals surface area (Å²) >= 11 is 1.27. The molecule has 0 saturated carbocycles. The van der Waals surface area contributed by atoms with Gasteiger partial charge in [-0.15, -0.1) is 11.3 Å². The van der Waals surface area contributed by atoms with Crippen molar-refractivity contribution >= 4 is 53.6 Å². The number of amides is 2. The molecule has 66 heavy (non-hydrogen) atoms. The molecule has 0 bridgehead atoms. The fourth-order valence-corrected chi connectivity index (χ4v) is 15.2. The van der Waals surface area contributed by atoms with Gasteiger partial charge in [0.1, 0.15) is 10.7 Å². The second-order valence-electron chi connectivity index (χ2n) is 19.7. The van der Waals surface area contributed by atoms with E-state index in [0.29, 0.717) is 24.4 Å². The van der Waals surface area contributed by atoms with Crippen molar-refractivity contribution in [2.75, 3.05) is 26.7 Å². The van der Waals surface area contributed by atoms with Crippen LogP contribution in [0.5, 0.6) is 0 Å². The van der Waals surface area contributed by atoms with Crippen molar-refractivity contribution in [1.82, 2.24) is 20.1 Å². The number of piperidine rings is 1. The number of benzene rings is 3. The first kappa shape index (κ1) is 52.5. The van der Waals surface area contributed by atoms with Crippen molar-refractivity contribution in [2.45, 2.75) is 143 Å². The number of Topliss-reactive ketones (excluding diaryl/α,β-unsaturated/α-hetero) is 1. The summed E-state index contributed by atoms with van der Waals surface area (Å²) in [5.41, 5.74) is 1.29. The Kier molecular flexibility index (Phi) is 19.5. The molecule has 6 atom stereocenters. The molecule has 3 aromatic carbocycles. The third kappa shape index (κ3) is 13.4. The number of ether oxygens (including phenoxy) is 1. The molecule has 1 aromatic heterocycles. The normalized spacial score (nSPS) is 17.0. The van der Waals surface area contributed by atoms with Crippen LogP contribution >= 0.6 is 11.3 Å². The van der Waals surface area contributed by atoms with Crippen LogP contribution in [0.4, 0.5) is 0 Å². The van der Waals surface area contributed by atoms with Crippen LogP contribution in [0.15, 0.2) is 96.4 Å². The fraction of sp³-hybridized carbons (Fsp3) is 0.537. The Morgan fingerprint density at radius 1 is 0.909 bits per heavy atom. The van der Waals surface area contributed by atoms with Crippen molar-refractivity contribution in [3.05, 3.63) is 113 Å². The summed E-state index contributed by atoms with van der Waals surface area (Å²) in [5.74, 6) is -1.17. The number of hydrogen-bond acceptors (Lipinski definition) is 9. The van der Waals surface area contributed by atoms with Crippen LogP contribution in [0.25, 0.3) is 0 Å².